The first-order chi connectivity index (χ1) is 15.8. The van der Waals surface area contributed by atoms with Gasteiger partial charge < -0.3 is 34.3 Å². The number of hydrogen-bond donors (Lipinski definition) is 0. The highest BCUT2D eigenvalue weighted by Crippen LogP contribution is 2.28. The van der Waals surface area contributed by atoms with Crippen molar-refractivity contribution in [2.24, 2.45) is 7.05 Å². The van der Waals surface area contributed by atoms with Gasteiger partial charge in [0.2, 0.25) is 0 Å². The molecule has 0 spiro atoms. The molecule has 0 aliphatic heterocycles. The lowest BCUT2D eigenvalue weighted by molar-refractivity contribution is -0.345. The third-order valence-corrected chi connectivity index (χ3v) is 4.40. The fraction of sp³-hybridized carbons (Fsp3) is 0.182. The average Bonchev–Trinajstić information content (AvgIpc) is 3.47. The predicted octanol–water partition coefficient (Wildman–Crippen LogP) is -1.32. The summed E-state index contributed by atoms with van der Waals surface area (Å²) >= 11 is 0. The predicted molar refractivity (Wildman–Crippen MR) is 110 cm³/mol. The van der Waals surface area contributed by atoms with Crippen LogP contribution in [0, 0.1) is 0 Å². The Morgan fingerprint density at radius 2 is 1.52 bits per heavy atom. The molecule has 0 fully saturated rings. The third-order valence-electron chi connectivity index (χ3n) is 4.40. The fourth-order valence-electron chi connectivity index (χ4n) is 2.98. The molecule has 0 N–H and O–H groups in total. The summed E-state index contributed by atoms with van der Waals surface area (Å²) in [6, 6.07) is 12.5. The second-order valence-corrected chi connectivity index (χ2v) is 6.36. The number of carboxylic acids is 3. The van der Waals surface area contributed by atoms with Crippen molar-refractivity contribution in [2.75, 3.05) is 0 Å². The number of rotatable bonds is 4. The first-order valence-corrected chi connectivity index (χ1v) is 9.78. The summed E-state index contributed by atoms with van der Waals surface area (Å²) in [7, 11) is 1.85. The van der Waals surface area contributed by atoms with E-state index in [4.69, 9.17) is 19.8 Å². The number of carbonyl (C=O) groups excluding carboxylic acids is 3. The van der Waals surface area contributed by atoms with Crippen LogP contribution >= 0.6 is 0 Å². The second-order valence-electron chi connectivity index (χ2n) is 6.36. The Morgan fingerprint density at radius 3 is 2.03 bits per heavy atom. The first kappa shape index (κ1) is 24.7. The zero-order valence-corrected chi connectivity index (χ0v) is 18.0. The number of carbonyl (C=O) groups is 3. The topological polar surface area (TPSA) is 169 Å². The van der Waals surface area contributed by atoms with Crippen LogP contribution in [0.5, 0.6) is 0 Å². The molecular weight excluding hydrogens is 430 g/mol. The molecule has 0 aliphatic carbocycles. The van der Waals surface area contributed by atoms with Gasteiger partial charge >= 0.3 is 0 Å². The minimum atomic E-state index is -2.19. The second kappa shape index (κ2) is 11.2. The zero-order chi connectivity index (χ0) is 24.5. The molecule has 2 aromatic heterocycles. The van der Waals surface area contributed by atoms with Crippen LogP contribution in [0.3, 0.4) is 0 Å². The van der Waals surface area contributed by atoms with E-state index in [1.807, 2.05) is 49.9 Å². The van der Waals surface area contributed by atoms with Crippen LogP contribution in [0.1, 0.15) is 41.4 Å². The van der Waals surface area contributed by atoms with Gasteiger partial charge in [0.25, 0.3) is 0 Å². The molecule has 11 heteroatoms. The lowest BCUT2D eigenvalue weighted by atomic mass is 9.97. The van der Waals surface area contributed by atoms with Gasteiger partial charge in [0.15, 0.2) is 0 Å². The van der Waals surface area contributed by atoms with Crippen molar-refractivity contribution in [2.45, 2.75) is 19.9 Å². The maximum Gasteiger partial charge on any atom is 0.113 e. The highest BCUT2D eigenvalue weighted by Gasteiger charge is 2.17. The summed E-state index contributed by atoms with van der Waals surface area (Å²) in [5.41, 5.74) is 3.87. The molecule has 1 unspecified atom stereocenters. The highest BCUT2D eigenvalue weighted by atomic mass is 16.4. The number of carboxylic acid groups (broad SMARTS) is 3. The number of nitrogens with zero attached hydrogens (tertiary/aromatic N) is 5. The van der Waals surface area contributed by atoms with Crippen molar-refractivity contribution in [1.82, 2.24) is 24.5 Å². The Bertz CT molecular complexity index is 1220. The maximum atomic E-state index is 11.0. The summed E-state index contributed by atoms with van der Waals surface area (Å²) in [5.74, 6) is -5.56. The van der Waals surface area contributed by atoms with Crippen LogP contribution in [0.2, 0.25) is 0 Å². The van der Waals surface area contributed by atoms with Crippen LogP contribution < -0.4 is 15.3 Å². The van der Waals surface area contributed by atoms with E-state index in [1.165, 1.54) is 0 Å². The van der Waals surface area contributed by atoms with E-state index in [-0.39, 0.29) is 11.6 Å². The van der Waals surface area contributed by atoms with Gasteiger partial charge in [-0.1, -0.05) is 49.4 Å². The number of fused-ring (bicyclic) bond motifs is 1. The lowest BCUT2D eigenvalue weighted by Crippen LogP contribution is -2.42. The van der Waals surface area contributed by atoms with E-state index in [1.54, 1.807) is 41.5 Å². The normalized spacial score (nSPS) is 10.9. The van der Waals surface area contributed by atoms with E-state index < -0.39 is 17.9 Å². The molecule has 1 atom stereocenters. The molecule has 0 bridgehead atoms. The van der Waals surface area contributed by atoms with Crippen LogP contribution in [-0.4, -0.2) is 42.5 Å². The first-order valence-electron chi connectivity index (χ1n) is 9.78. The van der Waals surface area contributed by atoms with Crippen molar-refractivity contribution < 1.29 is 29.7 Å². The Labute approximate surface area is 188 Å². The molecule has 4 rings (SSSR count). The number of aromatic nitrogens is 5. The van der Waals surface area contributed by atoms with Crippen LogP contribution in [0.25, 0.3) is 11.0 Å². The number of benzene rings is 2. The van der Waals surface area contributed by atoms with Gasteiger partial charge in [-0.2, -0.15) is 0 Å². The number of imidazole rings is 1. The summed E-state index contributed by atoms with van der Waals surface area (Å²) < 4.78 is 3.70. The summed E-state index contributed by atoms with van der Waals surface area (Å²) in [6.45, 7) is 4.00. The minimum Gasteiger partial charge on any atom is -0.545 e. The van der Waals surface area contributed by atoms with Crippen molar-refractivity contribution in [3.05, 3.63) is 77.9 Å². The van der Waals surface area contributed by atoms with Crippen molar-refractivity contribution >= 4 is 28.9 Å². The van der Waals surface area contributed by atoms with E-state index in [0.717, 1.165) is 22.2 Å². The van der Waals surface area contributed by atoms with Gasteiger partial charge in [0, 0.05) is 19.4 Å². The molecular formula is C22H20N5O6-3. The van der Waals surface area contributed by atoms with Gasteiger partial charge in [0.1, 0.15) is 5.52 Å². The minimum absolute atomic E-state index is 0.141. The summed E-state index contributed by atoms with van der Waals surface area (Å²) in [6.07, 6.45) is 5.33. The molecule has 0 radical (unpaired) electrons. The van der Waals surface area contributed by atoms with Gasteiger partial charge in [-0.05, 0) is 28.8 Å². The molecule has 11 nitrogen and oxygen atoms in total. The van der Waals surface area contributed by atoms with E-state index in [0.29, 0.717) is 0 Å². The van der Waals surface area contributed by atoms with Gasteiger partial charge in [-0.3, -0.25) is 0 Å². The molecule has 2 heterocycles. The molecule has 172 valence electrons. The SMILES string of the molecule is CC.Cn1nnc2ccc(C(c3ccc(C(=O)[O-])cc3)n3ccnc3)cc21.O=C([O-])C(=O)[O-]. The van der Waals surface area contributed by atoms with Gasteiger partial charge in [0.05, 0.1) is 35.8 Å². The van der Waals surface area contributed by atoms with E-state index in [2.05, 4.69) is 15.3 Å². The Balaban J connectivity index is 0.000000421. The molecule has 33 heavy (non-hydrogen) atoms. The maximum absolute atomic E-state index is 11.0. The highest BCUT2D eigenvalue weighted by molar-refractivity contribution is 6.25. The number of aryl methyl sites for hydroxylation is 1. The van der Waals surface area contributed by atoms with Crippen LogP contribution in [0.15, 0.2) is 61.2 Å². The molecule has 0 aliphatic rings. The van der Waals surface area contributed by atoms with Crippen molar-refractivity contribution in [3.8, 4) is 0 Å². The average molecular weight is 450 g/mol. The van der Waals surface area contributed by atoms with Crippen LogP contribution in [-0.2, 0) is 16.6 Å². The number of hydrogen-bond acceptors (Lipinski definition) is 9. The van der Waals surface area contributed by atoms with Gasteiger partial charge in [-0.15, -0.1) is 5.10 Å². The lowest BCUT2D eigenvalue weighted by Gasteiger charge is -2.20. The number of aromatic carboxylic acids is 1. The quantitative estimate of drug-likeness (QED) is 0.342. The smallest absolute Gasteiger partial charge is 0.113 e. The fourth-order valence-corrected chi connectivity index (χ4v) is 2.98. The van der Waals surface area contributed by atoms with Crippen LogP contribution in [0.4, 0.5) is 0 Å². The standard InChI is InChI=1S/C18H15N5O2.C2H2O4.C2H6/c1-22-16-10-14(6-7-15(16)20-21-22)17(23-9-8-19-11-23)12-2-4-13(5-3-12)18(24)25;3-1(4)2(5)6;1-2/h2-11,17H,1H3,(H,24,25);(H,3,4)(H,5,6);1-2H3/p-3. The Kier molecular flexibility index (Phi) is 8.38. The van der Waals surface area contributed by atoms with Crippen molar-refractivity contribution in [3.63, 3.8) is 0 Å². The number of aliphatic carboxylic acids is 2. The largest absolute Gasteiger partial charge is 0.545 e. The van der Waals surface area contributed by atoms with E-state index in [9.17, 15) is 9.90 Å². The molecule has 0 saturated carbocycles. The molecule has 4 aromatic rings. The summed E-state index contributed by atoms with van der Waals surface area (Å²) in [5, 5.41) is 37.0. The Morgan fingerprint density at radius 1 is 0.909 bits per heavy atom. The monoisotopic (exact) mass is 450 g/mol. The molecule has 2 aromatic carbocycles. The third kappa shape index (κ3) is 6.00. The summed E-state index contributed by atoms with van der Waals surface area (Å²) in [4.78, 5) is 33.0. The van der Waals surface area contributed by atoms with E-state index >= 15 is 0 Å². The molecule has 0 amide bonds. The van der Waals surface area contributed by atoms with Gasteiger partial charge in [-0.25, -0.2) is 9.67 Å². The Hall–Kier alpha value is -4.54. The zero-order valence-electron chi connectivity index (χ0n) is 18.0. The van der Waals surface area contributed by atoms with Crippen molar-refractivity contribution in [1.29, 1.82) is 0 Å². The molecule has 0 saturated heterocycles.